The summed E-state index contributed by atoms with van der Waals surface area (Å²) in [5, 5.41) is 3.72. The van der Waals surface area contributed by atoms with E-state index < -0.39 is 27.8 Å². The molecule has 3 aromatic carbocycles. The maximum absolute atomic E-state index is 12.7. The number of alkyl carbamates (subject to hydrolysis) is 1. The molecule has 0 bridgehead atoms. The predicted octanol–water partition coefficient (Wildman–Crippen LogP) is 8.08. The molecule has 1 amide bonds. The lowest BCUT2D eigenvalue weighted by Gasteiger charge is -2.19. The number of hydrogen-bond acceptors (Lipinski definition) is 8. The average Bonchev–Trinajstić information content (AvgIpc) is 3.47. The van der Waals surface area contributed by atoms with Crippen molar-refractivity contribution in [3.05, 3.63) is 89.2 Å². The van der Waals surface area contributed by atoms with Gasteiger partial charge in [-0.05, 0) is 102 Å². The first-order chi connectivity index (χ1) is 22.1. The number of carbonyl (C=O) groups is 2. The van der Waals surface area contributed by atoms with Crippen molar-refractivity contribution >= 4 is 40.1 Å². The summed E-state index contributed by atoms with van der Waals surface area (Å²) in [5.41, 5.74) is 5.75. The smallest absolute Gasteiger partial charge is 0.407 e. The lowest BCUT2D eigenvalue weighted by Crippen LogP contribution is -2.32. The molecule has 47 heavy (non-hydrogen) atoms. The number of hydrogen-bond donors (Lipinski definition) is 1. The maximum atomic E-state index is 12.7. The zero-order chi connectivity index (χ0) is 34.4. The molecular weight excluding hydrogens is 616 g/mol. The Labute approximate surface area is 280 Å². The number of nitrogens with zero attached hydrogens (tertiary/aromatic N) is 1. The van der Waals surface area contributed by atoms with E-state index in [0.29, 0.717) is 23.6 Å². The van der Waals surface area contributed by atoms with E-state index in [1.54, 1.807) is 13.2 Å². The second kappa shape index (κ2) is 15.1. The molecule has 0 saturated carbocycles. The topological polar surface area (TPSA) is 122 Å². The van der Waals surface area contributed by atoms with E-state index in [0.717, 1.165) is 38.8 Å². The zero-order valence-corrected chi connectivity index (χ0v) is 29.2. The van der Waals surface area contributed by atoms with Crippen LogP contribution in [0.15, 0.2) is 75.7 Å². The highest BCUT2D eigenvalue weighted by Crippen LogP contribution is 2.33. The zero-order valence-electron chi connectivity index (χ0n) is 28.4. The second-order valence-electron chi connectivity index (χ2n) is 13.2. The molecule has 0 unspecified atom stereocenters. The van der Waals surface area contributed by atoms with Crippen LogP contribution in [0.5, 0.6) is 5.75 Å². The largest absolute Gasteiger partial charge is 0.591 e. The van der Waals surface area contributed by atoms with Gasteiger partial charge >= 0.3 is 12.1 Å². The first kappa shape index (κ1) is 35.6. The number of benzene rings is 3. The van der Waals surface area contributed by atoms with Gasteiger partial charge in [-0.25, -0.2) is 4.79 Å². The molecule has 250 valence electrons. The van der Waals surface area contributed by atoms with Crippen LogP contribution >= 0.6 is 0 Å². The summed E-state index contributed by atoms with van der Waals surface area (Å²) in [6.07, 6.45) is 1.21. The number of carbonyl (C=O) groups excluding carboxylic acids is 2. The second-order valence-corrected chi connectivity index (χ2v) is 15.1. The fourth-order valence-electron chi connectivity index (χ4n) is 4.68. The third-order valence-electron chi connectivity index (χ3n) is 6.95. The number of nitrogens with one attached hydrogen (secondary N) is 1. The summed E-state index contributed by atoms with van der Waals surface area (Å²) in [4.78, 5) is 24.6. The minimum atomic E-state index is -1.43. The number of ether oxygens (including phenoxy) is 3. The summed E-state index contributed by atoms with van der Waals surface area (Å²) in [6, 6.07) is 19.3. The van der Waals surface area contributed by atoms with Gasteiger partial charge in [0.05, 0.1) is 25.0 Å². The molecule has 1 aromatic heterocycles. The van der Waals surface area contributed by atoms with Crippen molar-refractivity contribution in [1.29, 1.82) is 0 Å². The summed E-state index contributed by atoms with van der Waals surface area (Å²) in [7, 11) is 0. The van der Waals surface area contributed by atoms with E-state index >= 15 is 0 Å². The Morgan fingerprint density at radius 1 is 0.979 bits per heavy atom. The SMILES string of the molecule is CCOC(=O)Cc1ccc(C(C)=N[S@+]([O-])C(C)(C)C)cc1OCc1cc(-c2cccc(CNC(=O)OC(C)(C)C)c2)c2occc2c1. The molecule has 0 saturated heterocycles. The third kappa shape index (κ3) is 10.1. The van der Waals surface area contributed by atoms with E-state index in [1.807, 2.05) is 109 Å². The molecule has 0 aliphatic carbocycles. The van der Waals surface area contributed by atoms with Gasteiger partial charge in [0.25, 0.3) is 0 Å². The molecule has 0 fully saturated rings. The summed E-state index contributed by atoms with van der Waals surface area (Å²) >= 11 is -1.43. The highest BCUT2D eigenvalue weighted by atomic mass is 32.2. The van der Waals surface area contributed by atoms with Crippen LogP contribution in [-0.2, 0) is 45.2 Å². The minimum absolute atomic E-state index is 0.0453. The molecule has 0 spiro atoms. The lowest BCUT2D eigenvalue weighted by atomic mass is 9.99. The standard InChI is InChI=1S/C37H44N2O7S/c1-9-43-33(40)21-29-14-13-27(24(2)39-47(42)37(6,7)8)20-32(29)45-23-26-18-30-15-16-44-34(30)31(19-26)28-12-10-11-25(17-28)22-38-35(41)46-36(3,4)5/h10-20H,9,21-23H2,1-8H3,(H,38,41)/t47-/m1/s1. The van der Waals surface area contributed by atoms with Crippen molar-refractivity contribution in [2.24, 2.45) is 4.40 Å². The van der Waals surface area contributed by atoms with Gasteiger partial charge in [-0.3, -0.25) is 4.79 Å². The van der Waals surface area contributed by atoms with Crippen LogP contribution in [0.2, 0.25) is 0 Å². The highest BCUT2D eigenvalue weighted by molar-refractivity contribution is 7.91. The Balaban J connectivity index is 1.62. The molecule has 1 atom stereocenters. The van der Waals surface area contributed by atoms with Gasteiger partial charge < -0.3 is 28.5 Å². The molecule has 4 rings (SSSR count). The molecule has 1 heterocycles. The Bertz CT molecular complexity index is 1750. The van der Waals surface area contributed by atoms with Crippen LogP contribution in [0.25, 0.3) is 22.1 Å². The first-order valence-corrected chi connectivity index (χ1v) is 16.7. The van der Waals surface area contributed by atoms with Gasteiger partial charge in [0.1, 0.15) is 39.6 Å². The van der Waals surface area contributed by atoms with Gasteiger partial charge in [0, 0.05) is 28.6 Å². The fraction of sp³-hybridized carbons (Fsp3) is 0.378. The van der Waals surface area contributed by atoms with E-state index in [1.165, 1.54) is 0 Å². The third-order valence-corrected chi connectivity index (χ3v) is 8.44. The molecule has 0 aliphatic rings. The van der Waals surface area contributed by atoms with Crippen molar-refractivity contribution in [3.8, 4) is 16.9 Å². The Hall–Kier alpha value is -4.28. The van der Waals surface area contributed by atoms with Crippen LogP contribution in [0.4, 0.5) is 4.79 Å². The van der Waals surface area contributed by atoms with E-state index in [2.05, 4.69) is 9.71 Å². The first-order valence-electron chi connectivity index (χ1n) is 15.6. The minimum Gasteiger partial charge on any atom is -0.591 e. The van der Waals surface area contributed by atoms with Gasteiger partial charge in [0.15, 0.2) is 0 Å². The van der Waals surface area contributed by atoms with Crippen molar-refractivity contribution in [1.82, 2.24) is 5.32 Å². The number of fused-ring (bicyclic) bond motifs is 1. The Morgan fingerprint density at radius 3 is 2.45 bits per heavy atom. The quantitative estimate of drug-likeness (QED) is 0.0980. The van der Waals surface area contributed by atoms with Crippen LogP contribution in [-0.4, -0.2) is 39.3 Å². The molecule has 9 nitrogen and oxygen atoms in total. The van der Waals surface area contributed by atoms with Crippen molar-refractivity contribution in [3.63, 3.8) is 0 Å². The van der Waals surface area contributed by atoms with E-state index in [-0.39, 0.29) is 25.6 Å². The van der Waals surface area contributed by atoms with Crippen LogP contribution < -0.4 is 10.1 Å². The molecule has 1 N–H and O–H groups in total. The summed E-state index contributed by atoms with van der Waals surface area (Å²) in [5.74, 6) is 0.156. The number of furan rings is 1. The van der Waals surface area contributed by atoms with Crippen molar-refractivity contribution in [2.75, 3.05) is 6.61 Å². The van der Waals surface area contributed by atoms with Gasteiger partial charge in [-0.1, -0.05) is 34.7 Å². The van der Waals surface area contributed by atoms with Crippen molar-refractivity contribution < 1.29 is 32.8 Å². The number of amides is 1. The van der Waals surface area contributed by atoms with Crippen LogP contribution in [0.1, 0.15) is 77.6 Å². The monoisotopic (exact) mass is 660 g/mol. The predicted molar refractivity (Wildman–Crippen MR) is 186 cm³/mol. The summed E-state index contributed by atoms with van der Waals surface area (Å²) < 4.78 is 39.4. The average molecular weight is 661 g/mol. The molecule has 0 radical (unpaired) electrons. The van der Waals surface area contributed by atoms with Gasteiger partial charge in [-0.15, -0.1) is 0 Å². The Kier molecular flexibility index (Phi) is 11.4. The maximum Gasteiger partial charge on any atom is 0.407 e. The number of esters is 1. The van der Waals surface area contributed by atoms with Gasteiger partial charge in [-0.2, -0.15) is 0 Å². The fourth-order valence-corrected chi connectivity index (χ4v) is 5.31. The molecule has 10 heteroatoms. The van der Waals surface area contributed by atoms with E-state index in [4.69, 9.17) is 18.6 Å². The highest BCUT2D eigenvalue weighted by Gasteiger charge is 2.27. The van der Waals surface area contributed by atoms with E-state index in [9.17, 15) is 14.1 Å². The summed E-state index contributed by atoms with van der Waals surface area (Å²) in [6.45, 7) is 15.5. The Morgan fingerprint density at radius 2 is 1.74 bits per heavy atom. The van der Waals surface area contributed by atoms with Crippen molar-refractivity contribution in [2.45, 2.75) is 85.3 Å². The molecule has 0 aliphatic heterocycles. The normalized spacial score (nSPS) is 12.9. The van der Waals surface area contributed by atoms with Crippen LogP contribution in [0, 0.1) is 0 Å². The number of rotatable bonds is 11. The lowest BCUT2D eigenvalue weighted by molar-refractivity contribution is -0.142. The molecule has 4 aromatic rings. The molecular formula is C37H44N2O7S. The van der Waals surface area contributed by atoms with Crippen LogP contribution in [0.3, 0.4) is 0 Å². The van der Waals surface area contributed by atoms with Gasteiger partial charge in [0.2, 0.25) is 0 Å².